The number of hydrogen-bond acceptors (Lipinski definition) is 0. The van der Waals surface area contributed by atoms with Crippen molar-refractivity contribution in [3.63, 3.8) is 0 Å². The fourth-order valence-corrected chi connectivity index (χ4v) is 2.65. The van der Waals surface area contributed by atoms with E-state index in [1.165, 1.54) is 27.9 Å². The van der Waals surface area contributed by atoms with Crippen LogP contribution in [-0.4, -0.2) is 0 Å². The first-order valence-corrected chi connectivity index (χ1v) is 7.34. The molecule has 104 valence electrons. The van der Waals surface area contributed by atoms with Gasteiger partial charge in [0.05, 0.1) is 0 Å². The Morgan fingerprint density at radius 3 is 2.38 bits per heavy atom. The summed E-state index contributed by atoms with van der Waals surface area (Å²) in [5, 5.41) is 0. The van der Waals surface area contributed by atoms with Crippen molar-refractivity contribution in [1.29, 1.82) is 0 Å². The molecule has 0 atom stereocenters. The second-order valence-corrected chi connectivity index (χ2v) is 5.52. The summed E-state index contributed by atoms with van der Waals surface area (Å²) < 4.78 is 2.32. The predicted octanol–water partition coefficient (Wildman–Crippen LogP) is 4.31. The molecule has 0 N–H and O–H groups in total. The highest BCUT2D eigenvalue weighted by molar-refractivity contribution is 5.61. The van der Waals surface area contributed by atoms with E-state index in [2.05, 4.69) is 91.3 Å². The van der Waals surface area contributed by atoms with Crippen molar-refractivity contribution in [2.24, 2.45) is 0 Å². The highest BCUT2D eigenvalue weighted by atomic mass is 15.0. The summed E-state index contributed by atoms with van der Waals surface area (Å²) in [6, 6.07) is 23.6. The van der Waals surface area contributed by atoms with Crippen molar-refractivity contribution in [3.05, 3.63) is 89.6 Å². The van der Waals surface area contributed by atoms with Gasteiger partial charge in [-0.2, -0.15) is 4.57 Å². The Balaban J connectivity index is 2.06. The summed E-state index contributed by atoms with van der Waals surface area (Å²) in [7, 11) is 0. The van der Waals surface area contributed by atoms with Crippen LogP contribution in [-0.2, 0) is 6.54 Å². The maximum absolute atomic E-state index is 2.32. The van der Waals surface area contributed by atoms with Crippen LogP contribution in [0.5, 0.6) is 0 Å². The second-order valence-electron chi connectivity index (χ2n) is 5.52. The number of nitrogens with zero attached hydrogens (tertiary/aromatic N) is 1. The van der Waals surface area contributed by atoms with Crippen LogP contribution in [0.1, 0.15) is 16.7 Å². The Morgan fingerprint density at radius 2 is 1.57 bits per heavy atom. The fourth-order valence-electron chi connectivity index (χ4n) is 2.65. The lowest BCUT2D eigenvalue weighted by molar-refractivity contribution is -0.677. The summed E-state index contributed by atoms with van der Waals surface area (Å²) in [6.07, 6.45) is 2.16. The molecule has 0 fully saturated rings. The maximum Gasteiger partial charge on any atom is 0.213 e. The average Bonchev–Trinajstić information content (AvgIpc) is 2.51. The molecule has 0 radical (unpaired) electrons. The zero-order valence-electron chi connectivity index (χ0n) is 12.6. The Morgan fingerprint density at radius 1 is 0.810 bits per heavy atom. The number of aromatic nitrogens is 1. The van der Waals surface area contributed by atoms with Crippen molar-refractivity contribution < 1.29 is 4.57 Å². The molecule has 3 rings (SSSR count). The van der Waals surface area contributed by atoms with Crippen LogP contribution in [0.3, 0.4) is 0 Å². The maximum atomic E-state index is 2.32. The Bertz CT molecular complexity index is 745. The highest BCUT2D eigenvalue weighted by Gasteiger charge is 2.14. The minimum Gasteiger partial charge on any atom is -0.194 e. The van der Waals surface area contributed by atoms with Crippen LogP contribution in [0.2, 0.25) is 0 Å². The SMILES string of the molecule is Cc1ccc(C)c(-c2cccc[n+]2Cc2ccccc2)c1. The molecular weight excluding hydrogens is 254 g/mol. The van der Waals surface area contributed by atoms with Gasteiger partial charge in [-0.05, 0) is 31.5 Å². The van der Waals surface area contributed by atoms with E-state index >= 15 is 0 Å². The van der Waals surface area contributed by atoms with Gasteiger partial charge in [0.15, 0.2) is 12.7 Å². The first-order valence-electron chi connectivity index (χ1n) is 7.34. The molecule has 21 heavy (non-hydrogen) atoms. The number of pyridine rings is 1. The monoisotopic (exact) mass is 274 g/mol. The zero-order chi connectivity index (χ0) is 14.7. The van der Waals surface area contributed by atoms with E-state index in [9.17, 15) is 0 Å². The molecule has 0 bridgehead atoms. The second kappa shape index (κ2) is 5.92. The first kappa shape index (κ1) is 13.6. The molecule has 0 unspecified atom stereocenters. The molecule has 0 saturated carbocycles. The lowest BCUT2D eigenvalue weighted by Crippen LogP contribution is -2.36. The van der Waals surface area contributed by atoms with Crippen molar-refractivity contribution in [2.45, 2.75) is 20.4 Å². The van der Waals surface area contributed by atoms with Crippen molar-refractivity contribution in [2.75, 3.05) is 0 Å². The average molecular weight is 274 g/mol. The largest absolute Gasteiger partial charge is 0.213 e. The van der Waals surface area contributed by atoms with Gasteiger partial charge < -0.3 is 0 Å². The molecule has 0 aliphatic carbocycles. The van der Waals surface area contributed by atoms with Gasteiger partial charge in [-0.3, -0.25) is 0 Å². The summed E-state index contributed by atoms with van der Waals surface area (Å²) >= 11 is 0. The number of benzene rings is 2. The number of aryl methyl sites for hydroxylation is 2. The smallest absolute Gasteiger partial charge is 0.194 e. The summed E-state index contributed by atoms with van der Waals surface area (Å²) in [5.41, 5.74) is 6.51. The van der Waals surface area contributed by atoms with Gasteiger partial charge in [0.2, 0.25) is 5.69 Å². The van der Waals surface area contributed by atoms with Crippen LogP contribution in [0.15, 0.2) is 72.9 Å². The van der Waals surface area contributed by atoms with Gasteiger partial charge in [-0.25, -0.2) is 0 Å². The molecule has 0 aliphatic rings. The molecule has 0 spiro atoms. The Kier molecular flexibility index (Phi) is 3.83. The topological polar surface area (TPSA) is 3.88 Å². The van der Waals surface area contributed by atoms with Gasteiger partial charge in [0.1, 0.15) is 0 Å². The minimum atomic E-state index is 0.893. The molecule has 3 aromatic rings. The molecule has 2 aromatic carbocycles. The van der Waals surface area contributed by atoms with E-state index in [1.807, 2.05) is 0 Å². The third-order valence-corrected chi connectivity index (χ3v) is 3.81. The molecule has 1 heteroatoms. The van der Waals surface area contributed by atoms with E-state index in [-0.39, 0.29) is 0 Å². The molecule has 1 heterocycles. The molecule has 1 nitrogen and oxygen atoms in total. The number of hydrogen-bond donors (Lipinski definition) is 0. The summed E-state index contributed by atoms with van der Waals surface area (Å²) in [6.45, 7) is 5.21. The van der Waals surface area contributed by atoms with Crippen molar-refractivity contribution in [3.8, 4) is 11.3 Å². The molecule has 0 saturated heterocycles. The van der Waals surface area contributed by atoms with Crippen LogP contribution in [0.4, 0.5) is 0 Å². The lowest BCUT2D eigenvalue weighted by Gasteiger charge is -2.08. The fraction of sp³-hybridized carbons (Fsp3) is 0.150. The van der Waals surface area contributed by atoms with Crippen molar-refractivity contribution >= 4 is 0 Å². The van der Waals surface area contributed by atoms with Gasteiger partial charge in [-0.15, -0.1) is 0 Å². The van der Waals surface area contributed by atoms with Gasteiger partial charge in [0, 0.05) is 23.3 Å². The van der Waals surface area contributed by atoms with E-state index in [0.29, 0.717) is 0 Å². The minimum absolute atomic E-state index is 0.893. The van der Waals surface area contributed by atoms with Gasteiger partial charge in [0.25, 0.3) is 0 Å². The Hall–Kier alpha value is -2.41. The van der Waals surface area contributed by atoms with Crippen LogP contribution >= 0.6 is 0 Å². The van der Waals surface area contributed by atoms with E-state index in [0.717, 1.165) is 6.54 Å². The van der Waals surface area contributed by atoms with Crippen LogP contribution < -0.4 is 4.57 Å². The summed E-state index contributed by atoms with van der Waals surface area (Å²) in [5.74, 6) is 0. The van der Waals surface area contributed by atoms with Crippen molar-refractivity contribution in [1.82, 2.24) is 0 Å². The quantitative estimate of drug-likeness (QED) is 0.627. The summed E-state index contributed by atoms with van der Waals surface area (Å²) in [4.78, 5) is 0. The normalized spacial score (nSPS) is 10.6. The van der Waals surface area contributed by atoms with E-state index in [1.54, 1.807) is 0 Å². The van der Waals surface area contributed by atoms with E-state index in [4.69, 9.17) is 0 Å². The third kappa shape index (κ3) is 3.03. The van der Waals surface area contributed by atoms with Crippen LogP contribution in [0, 0.1) is 13.8 Å². The molecule has 0 aliphatic heterocycles. The molecular formula is C20H20N+. The lowest BCUT2D eigenvalue weighted by atomic mass is 10.0. The molecule has 1 aromatic heterocycles. The third-order valence-electron chi connectivity index (χ3n) is 3.81. The van der Waals surface area contributed by atoms with Gasteiger partial charge >= 0.3 is 0 Å². The Labute approximate surface area is 126 Å². The molecule has 0 amide bonds. The first-order chi connectivity index (χ1) is 10.2. The van der Waals surface area contributed by atoms with E-state index < -0.39 is 0 Å². The zero-order valence-corrected chi connectivity index (χ0v) is 12.6. The van der Waals surface area contributed by atoms with Crippen LogP contribution in [0.25, 0.3) is 11.3 Å². The predicted molar refractivity (Wildman–Crippen MR) is 87.1 cm³/mol. The number of rotatable bonds is 3. The highest BCUT2D eigenvalue weighted by Crippen LogP contribution is 2.21. The van der Waals surface area contributed by atoms with Gasteiger partial charge in [-0.1, -0.05) is 48.0 Å². The standard InChI is InChI=1S/C20H20N/c1-16-11-12-17(2)19(14-16)20-10-6-7-13-21(20)15-18-8-4-3-5-9-18/h3-14H,15H2,1-2H3/q+1.